The minimum absolute atomic E-state index is 0.0266. The molecule has 1 aliphatic rings. The summed E-state index contributed by atoms with van der Waals surface area (Å²) in [5, 5.41) is 0. The SMILES string of the molecule is Cc1ccc(-c2ccc(C(=O)N3CCCC3CN)c(F)c2)cc1. The molecule has 0 saturated carbocycles. The number of carbonyl (C=O) groups is 1. The van der Waals surface area contributed by atoms with E-state index >= 15 is 0 Å². The molecular formula is C19H21FN2O. The van der Waals surface area contributed by atoms with Crippen molar-refractivity contribution in [2.24, 2.45) is 5.73 Å². The van der Waals surface area contributed by atoms with Crippen molar-refractivity contribution in [2.75, 3.05) is 13.1 Å². The molecule has 120 valence electrons. The van der Waals surface area contributed by atoms with E-state index in [0.29, 0.717) is 13.1 Å². The first-order chi connectivity index (χ1) is 11.1. The van der Waals surface area contributed by atoms with Crippen LogP contribution in [0.1, 0.15) is 28.8 Å². The lowest BCUT2D eigenvalue weighted by atomic mass is 10.0. The maximum absolute atomic E-state index is 14.5. The summed E-state index contributed by atoms with van der Waals surface area (Å²) in [5.74, 6) is -0.735. The molecule has 23 heavy (non-hydrogen) atoms. The van der Waals surface area contributed by atoms with Crippen LogP contribution in [0.25, 0.3) is 11.1 Å². The molecule has 0 aliphatic carbocycles. The van der Waals surface area contributed by atoms with Gasteiger partial charge in [0.25, 0.3) is 5.91 Å². The normalized spacial score (nSPS) is 17.5. The van der Waals surface area contributed by atoms with Gasteiger partial charge in [0.2, 0.25) is 0 Å². The number of rotatable bonds is 3. The van der Waals surface area contributed by atoms with E-state index in [0.717, 1.165) is 29.5 Å². The monoisotopic (exact) mass is 312 g/mol. The number of carbonyl (C=O) groups excluding carboxylic acids is 1. The third-order valence-electron chi connectivity index (χ3n) is 4.49. The standard InChI is InChI=1S/C19H21FN2O/c1-13-4-6-14(7-5-13)15-8-9-17(18(20)11-15)19(23)22-10-2-3-16(22)12-21/h4-9,11,16H,2-3,10,12,21H2,1H3. The fraction of sp³-hybridized carbons (Fsp3) is 0.316. The molecule has 1 amide bonds. The molecule has 1 atom stereocenters. The summed E-state index contributed by atoms with van der Waals surface area (Å²) in [6.45, 7) is 3.09. The van der Waals surface area contributed by atoms with E-state index < -0.39 is 5.82 Å². The van der Waals surface area contributed by atoms with Crippen molar-refractivity contribution in [1.29, 1.82) is 0 Å². The van der Waals surface area contributed by atoms with Gasteiger partial charge >= 0.3 is 0 Å². The molecule has 0 spiro atoms. The zero-order valence-electron chi connectivity index (χ0n) is 13.3. The number of hydrogen-bond acceptors (Lipinski definition) is 2. The minimum atomic E-state index is -0.476. The second-order valence-electron chi connectivity index (χ2n) is 6.09. The first-order valence-electron chi connectivity index (χ1n) is 7.98. The molecule has 1 saturated heterocycles. The average Bonchev–Trinajstić information content (AvgIpc) is 3.03. The highest BCUT2D eigenvalue weighted by Gasteiger charge is 2.29. The van der Waals surface area contributed by atoms with Crippen molar-refractivity contribution in [1.82, 2.24) is 4.90 Å². The molecule has 1 unspecified atom stereocenters. The predicted octanol–water partition coefficient (Wildman–Crippen LogP) is 3.36. The summed E-state index contributed by atoms with van der Waals surface area (Å²) in [5.41, 5.74) is 8.70. The summed E-state index contributed by atoms with van der Waals surface area (Å²) in [4.78, 5) is 14.3. The number of amides is 1. The van der Waals surface area contributed by atoms with Crippen LogP contribution < -0.4 is 5.73 Å². The smallest absolute Gasteiger partial charge is 0.257 e. The van der Waals surface area contributed by atoms with Gasteiger partial charge in [0.15, 0.2) is 0 Å². The Labute approximate surface area is 135 Å². The lowest BCUT2D eigenvalue weighted by Crippen LogP contribution is -2.40. The van der Waals surface area contributed by atoms with Crippen LogP contribution in [0.2, 0.25) is 0 Å². The van der Waals surface area contributed by atoms with E-state index in [2.05, 4.69) is 0 Å². The van der Waals surface area contributed by atoms with Crippen molar-refractivity contribution >= 4 is 5.91 Å². The molecule has 0 bridgehead atoms. The van der Waals surface area contributed by atoms with Gasteiger partial charge in [0.05, 0.1) is 5.56 Å². The first kappa shape index (κ1) is 15.7. The quantitative estimate of drug-likeness (QED) is 0.944. The molecule has 2 N–H and O–H groups in total. The largest absolute Gasteiger partial charge is 0.334 e. The highest BCUT2D eigenvalue weighted by atomic mass is 19.1. The Morgan fingerprint density at radius 2 is 1.91 bits per heavy atom. The minimum Gasteiger partial charge on any atom is -0.334 e. The topological polar surface area (TPSA) is 46.3 Å². The van der Waals surface area contributed by atoms with Crippen molar-refractivity contribution in [3.8, 4) is 11.1 Å². The zero-order chi connectivity index (χ0) is 16.4. The van der Waals surface area contributed by atoms with Crippen LogP contribution in [0, 0.1) is 12.7 Å². The second kappa shape index (κ2) is 6.50. The number of benzene rings is 2. The van der Waals surface area contributed by atoms with Gasteiger partial charge in [-0.2, -0.15) is 0 Å². The van der Waals surface area contributed by atoms with Crippen molar-refractivity contribution < 1.29 is 9.18 Å². The molecule has 4 heteroatoms. The summed E-state index contributed by atoms with van der Waals surface area (Å²) in [6, 6.07) is 12.7. The van der Waals surface area contributed by atoms with E-state index in [1.165, 1.54) is 6.07 Å². The van der Waals surface area contributed by atoms with Crippen LogP contribution in [0.3, 0.4) is 0 Å². The Morgan fingerprint density at radius 3 is 2.57 bits per heavy atom. The maximum Gasteiger partial charge on any atom is 0.257 e. The van der Waals surface area contributed by atoms with Gasteiger partial charge < -0.3 is 10.6 Å². The summed E-state index contributed by atoms with van der Waals surface area (Å²) < 4.78 is 14.5. The molecule has 0 aromatic heterocycles. The van der Waals surface area contributed by atoms with Crippen molar-refractivity contribution in [2.45, 2.75) is 25.8 Å². The Balaban J connectivity index is 1.87. The van der Waals surface area contributed by atoms with Gasteiger partial charge in [-0.1, -0.05) is 35.9 Å². The molecule has 1 aliphatic heterocycles. The Hall–Kier alpha value is -2.20. The highest BCUT2D eigenvalue weighted by Crippen LogP contribution is 2.25. The molecule has 1 heterocycles. The van der Waals surface area contributed by atoms with Crippen LogP contribution in [-0.4, -0.2) is 29.9 Å². The lowest BCUT2D eigenvalue weighted by molar-refractivity contribution is 0.0736. The molecule has 3 rings (SSSR count). The summed E-state index contributed by atoms with van der Waals surface area (Å²) >= 11 is 0. The van der Waals surface area contributed by atoms with Gasteiger partial charge in [-0.3, -0.25) is 4.79 Å². The summed E-state index contributed by atoms with van der Waals surface area (Å²) in [7, 11) is 0. The summed E-state index contributed by atoms with van der Waals surface area (Å²) in [6.07, 6.45) is 1.82. The fourth-order valence-electron chi connectivity index (χ4n) is 3.12. The van der Waals surface area contributed by atoms with E-state index in [4.69, 9.17) is 5.73 Å². The van der Waals surface area contributed by atoms with E-state index in [9.17, 15) is 9.18 Å². The average molecular weight is 312 g/mol. The van der Waals surface area contributed by atoms with Gasteiger partial charge in [-0.15, -0.1) is 0 Å². The van der Waals surface area contributed by atoms with Crippen LogP contribution in [-0.2, 0) is 0 Å². The number of nitrogens with zero attached hydrogens (tertiary/aromatic N) is 1. The van der Waals surface area contributed by atoms with Gasteiger partial charge in [-0.05, 0) is 43.0 Å². The van der Waals surface area contributed by atoms with Crippen LogP contribution >= 0.6 is 0 Å². The van der Waals surface area contributed by atoms with Crippen molar-refractivity contribution in [3.63, 3.8) is 0 Å². The van der Waals surface area contributed by atoms with E-state index in [-0.39, 0.29) is 17.5 Å². The number of halogens is 1. The lowest BCUT2D eigenvalue weighted by Gasteiger charge is -2.23. The first-order valence-corrected chi connectivity index (χ1v) is 7.98. The number of aryl methyl sites for hydroxylation is 1. The van der Waals surface area contributed by atoms with Crippen molar-refractivity contribution in [3.05, 3.63) is 59.4 Å². The third kappa shape index (κ3) is 3.13. The van der Waals surface area contributed by atoms with Gasteiger partial charge in [0.1, 0.15) is 5.82 Å². The van der Waals surface area contributed by atoms with E-state index in [1.807, 2.05) is 31.2 Å². The van der Waals surface area contributed by atoms with Gasteiger partial charge in [0, 0.05) is 19.1 Å². The van der Waals surface area contributed by atoms with Crippen LogP contribution in [0.4, 0.5) is 4.39 Å². The van der Waals surface area contributed by atoms with Crippen LogP contribution in [0.15, 0.2) is 42.5 Å². The molecule has 3 nitrogen and oxygen atoms in total. The Morgan fingerprint density at radius 1 is 1.22 bits per heavy atom. The van der Waals surface area contributed by atoms with E-state index in [1.54, 1.807) is 17.0 Å². The Bertz CT molecular complexity index is 712. The fourth-order valence-corrected chi connectivity index (χ4v) is 3.12. The molecule has 2 aromatic carbocycles. The number of nitrogens with two attached hydrogens (primary N) is 1. The molecule has 2 aromatic rings. The molecule has 1 fully saturated rings. The Kier molecular flexibility index (Phi) is 4.44. The number of likely N-dealkylation sites (tertiary alicyclic amines) is 1. The molecular weight excluding hydrogens is 291 g/mol. The number of hydrogen-bond donors (Lipinski definition) is 1. The van der Waals surface area contributed by atoms with Gasteiger partial charge in [-0.25, -0.2) is 4.39 Å². The zero-order valence-corrected chi connectivity index (χ0v) is 13.3. The van der Waals surface area contributed by atoms with Crippen LogP contribution in [0.5, 0.6) is 0 Å². The highest BCUT2D eigenvalue weighted by molar-refractivity contribution is 5.95. The molecule has 0 radical (unpaired) electrons. The third-order valence-corrected chi connectivity index (χ3v) is 4.49. The second-order valence-corrected chi connectivity index (χ2v) is 6.09. The predicted molar refractivity (Wildman–Crippen MR) is 89.7 cm³/mol. The maximum atomic E-state index is 14.5.